The zero-order valence-electron chi connectivity index (χ0n) is 23.4. The highest BCUT2D eigenvalue weighted by Crippen LogP contribution is 2.33. The van der Waals surface area contributed by atoms with Gasteiger partial charge in [0, 0.05) is 55.9 Å². The highest BCUT2D eigenvalue weighted by Gasteiger charge is 2.36. The van der Waals surface area contributed by atoms with Gasteiger partial charge in [0.05, 0.1) is 13.0 Å². The first-order valence-corrected chi connectivity index (χ1v) is 14.6. The maximum Gasteiger partial charge on any atom is 0.227 e. The van der Waals surface area contributed by atoms with E-state index in [1.165, 1.54) is 5.56 Å². The van der Waals surface area contributed by atoms with Gasteiger partial charge >= 0.3 is 0 Å². The third kappa shape index (κ3) is 6.68. The minimum Gasteiger partial charge on any atom is -0.494 e. The van der Waals surface area contributed by atoms with Crippen LogP contribution in [-0.4, -0.2) is 53.4 Å². The molecule has 0 N–H and O–H groups in total. The van der Waals surface area contributed by atoms with E-state index >= 15 is 0 Å². The topological polar surface area (TPSA) is 53.1 Å². The second-order valence-electron chi connectivity index (χ2n) is 10.8. The van der Waals surface area contributed by atoms with Gasteiger partial charge in [0.2, 0.25) is 11.8 Å². The van der Waals surface area contributed by atoms with Crippen molar-refractivity contribution in [1.82, 2.24) is 9.80 Å². The van der Waals surface area contributed by atoms with Gasteiger partial charge < -0.3 is 14.5 Å². The highest BCUT2D eigenvalue weighted by molar-refractivity contribution is 6.30. The van der Waals surface area contributed by atoms with Gasteiger partial charge in [-0.3, -0.25) is 14.5 Å². The SMILES string of the molecule is CCOc1ccc(CC(=O)N2Cc3ccccc3N(C(C)=O)CC[C@H]3CC[C@@H](C2)N3Cc2ccc(Cl)cc2)cc1. The van der Waals surface area contributed by atoms with Crippen LogP contribution in [0.2, 0.25) is 5.02 Å². The third-order valence-corrected chi connectivity index (χ3v) is 8.38. The molecule has 0 unspecified atom stereocenters. The molecule has 210 valence electrons. The van der Waals surface area contributed by atoms with E-state index in [1.807, 2.05) is 77.4 Å². The Kier molecular flexibility index (Phi) is 9.08. The van der Waals surface area contributed by atoms with E-state index in [9.17, 15) is 9.59 Å². The summed E-state index contributed by atoms with van der Waals surface area (Å²) in [7, 11) is 0. The lowest BCUT2D eigenvalue weighted by atomic mass is 10.1. The first-order chi connectivity index (χ1) is 19.4. The number of hydrogen-bond donors (Lipinski definition) is 0. The smallest absolute Gasteiger partial charge is 0.227 e. The number of fused-ring (bicyclic) bond motifs is 3. The van der Waals surface area contributed by atoms with Crippen LogP contribution in [0.25, 0.3) is 0 Å². The molecule has 3 aromatic rings. The van der Waals surface area contributed by atoms with Crippen molar-refractivity contribution < 1.29 is 14.3 Å². The zero-order valence-corrected chi connectivity index (χ0v) is 24.1. The fourth-order valence-corrected chi connectivity index (χ4v) is 6.21. The minimum absolute atomic E-state index is 0.0257. The summed E-state index contributed by atoms with van der Waals surface area (Å²) in [6, 6.07) is 24.4. The largest absolute Gasteiger partial charge is 0.494 e. The molecular weight excluding hydrogens is 522 g/mol. The van der Waals surface area contributed by atoms with Crippen LogP contribution in [0.3, 0.4) is 0 Å². The van der Waals surface area contributed by atoms with E-state index in [0.717, 1.165) is 53.4 Å². The third-order valence-electron chi connectivity index (χ3n) is 8.13. The molecule has 0 spiro atoms. The summed E-state index contributed by atoms with van der Waals surface area (Å²) in [5.74, 6) is 0.919. The fraction of sp³-hybridized carbons (Fsp3) is 0.394. The van der Waals surface area contributed by atoms with E-state index in [-0.39, 0.29) is 17.9 Å². The van der Waals surface area contributed by atoms with Crippen LogP contribution in [0.5, 0.6) is 5.75 Å². The van der Waals surface area contributed by atoms with Crippen LogP contribution in [0.1, 0.15) is 49.8 Å². The molecule has 40 heavy (non-hydrogen) atoms. The highest BCUT2D eigenvalue weighted by atomic mass is 35.5. The van der Waals surface area contributed by atoms with Crippen molar-refractivity contribution in [2.45, 2.75) is 64.7 Å². The summed E-state index contributed by atoms with van der Waals surface area (Å²) in [5, 5.41) is 0.727. The van der Waals surface area contributed by atoms with Crippen LogP contribution < -0.4 is 9.64 Å². The average molecular weight is 560 g/mol. The molecule has 6 nitrogen and oxygen atoms in total. The van der Waals surface area contributed by atoms with Crippen molar-refractivity contribution >= 4 is 29.1 Å². The van der Waals surface area contributed by atoms with E-state index in [4.69, 9.17) is 16.3 Å². The first kappa shape index (κ1) is 28.2. The van der Waals surface area contributed by atoms with Gasteiger partial charge in [0.15, 0.2) is 0 Å². The number of carbonyl (C=O) groups is 2. The molecule has 2 heterocycles. The maximum absolute atomic E-state index is 13.9. The first-order valence-electron chi connectivity index (χ1n) is 14.3. The van der Waals surface area contributed by atoms with E-state index in [1.54, 1.807) is 6.92 Å². The van der Waals surface area contributed by atoms with Crippen molar-refractivity contribution in [2.75, 3.05) is 24.6 Å². The number of para-hydroxylation sites is 1. The van der Waals surface area contributed by atoms with E-state index in [2.05, 4.69) is 17.0 Å². The van der Waals surface area contributed by atoms with E-state index in [0.29, 0.717) is 38.7 Å². The van der Waals surface area contributed by atoms with Crippen molar-refractivity contribution in [2.24, 2.45) is 0 Å². The van der Waals surface area contributed by atoms with Crippen LogP contribution in [-0.2, 0) is 29.1 Å². The van der Waals surface area contributed by atoms with Gasteiger partial charge in [-0.1, -0.05) is 54.1 Å². The number of benzene rings is 3. The van der Waals surface area contributed by atoms with Crippen LogP contribution in [0.4, 0.5) is 5.69 Å². The number of nitrogens with zero attached hydrogens (tertiary/aromatic N) is 3. The summed E-state index contributed by atoms with van der Waals surface area (Å²) in [4.78, 5) is 33.2. The molecule has 2 aliphatic rings. The Labute approximate surface area is 242 Å². The van der Waals surface area contributed by atoms with Crippen LogP contribution in [0, 0.1) is 0 Å². The molecule has 2 aliphatic heterocycles. The molecule has 0 radical (unpaired) electrons. The van der Waals surface area contributed by atoms with Crippen molar-refractivity contribution in [3.8, 4) is 5.75 Å². The molecule has 2 amide bonds. The Morgan fingerprint density at radius 3 is 2.33 bits per heavy atom. The Hall–Kier alpha value is -3.35. The molecule has 7 heteroatoms. The Bertz CT molecular complexity index is 1310. The fourth-order valence-electron chi connectivity index (χ4n) is 6.08. The minimum atomic E-state index is 0.0257. The molecule has 1 saturated heterocycles. The summed E-state index contributed by atoms with van der Waals surface area (Å²) in [6.45, 7) is 6.76. The second-order valence-corrected chi connectivity index (χ2v) is 11.2. The number of carbonyl (C=O) groups excluding carboxylic acids is 2. The summed E-state index contributed by atoms with van der Waals surface area (Å²) >= 11 is 6.16. The number of halogens is 1. The maximum atomic E-state index is 13.9. The quantitative estimate of drug-likeness (QED) is 0.366. The molecule has 2 bridgehead atoms. The summed E-state index contributed by atoms with van der Waals surface area (Å²) in [5.41, 5.74) is 4.06. The average Bonchev–Trinajstić information content (AvgIpc) is 3.30. The molecule has 5 rings (SSSR count). The zero-order chi connectivity index (χ0) is 28.1. The molecule has 3 aromatic carbocycles. The lowest BCUT2D eigenvalue weighted by molar-refractivity contribution is -0.132. The predicted molar refractivity (Wildman–Crippen MR) is 160 cm³/mol. The predicted octanol–water partition coefficient (Wildman–Crippen LogP) is 6.10. The summed E-state index contributed by atoms with van der Waals surface area (Å²) in [6.07, 6.45) is 3.27. The molecular formula is C33H38ClN3O3. The normalized spacial score (nSPS) is 19.6. The Balaban J connectivity index is 1.46. The van der Waals surface area contributed by atoms with Gasteiger partial charge in [0.1, 0.15) is 5.75 Å². The number of anilines is 1. The monoisotopic (exact) mass is 559 g/mol. The molecule has 0 aliphatic carbocycles. The standard InChI is InChI=1S/C33H38ClN3O3/c1-3-40-31-16-10-25(11-17-31)20-33(39)35-22-27-6-4-5-7-32(27)36(24(2)38)19-18-29-14-15-30(23-35)37(29)21-26-8-12-28(34)13-9-26/h4-13,16-17,29-30H,3,14-15,18-23H2,1-2H3/t29-,30+/m1/s1. The van der Waals surface area contributed by atoms with Crippen molar-refractivity contribution in [3.63, 3.8) is 0 Å². The Morgan fingerprint density at radius 1 is 0.900 bits per heavy atom. The molecule has 1 fully saturated rings. The molecule has 0 aromatic heterocycles. The number of amides is 2. The van der Waals surface area contributed by atoms with Gasteiger partial charge in [0.25, 0.3) is 0 Å². The van der Waals surface area contributed by atoms with Gasteiger partial charge in [-0.15, -0.1) is 0 Å². The number of ether oxygens (including phenoxy) is 1. The summed E-state index contributed by atoms with van der Waals surface area (Å²) < 4.78 is 5.58. The van der Waals surface area contributed by atoms with Crippen LogP contribution >= 0.6 is 11.6 Å². The number of rotatable bonds is 6. The van der Waals surface area contributed by atoms with Gasteiger partial charge in [-0.25, -0.2) is 0 Å². The van der Waals surface area contributed by atoms with Crippen LogP contribution in [0.15, 0.2) is 72.8 Å². The van der Waals surface area contributed by atoms with Gasteiger partial charge in [-0.05, 0) is 73.2 Å². The van der Waals surface area contributed by atoms with Crippen molar-refractivity contribution in [3.05, 3.63) is 94.5 Å². The second kappa shape index (κ2) is 12.9. The molecule has 0 saturated carbocycles. The lowest BCUT2D eigenvalue weighted by Gasteiger charge is -2.34. The number of hydrogen-bond acceptors (Lipinski definition) is 4. The molecule has 2 atom stereocenters. The van der Waals surface area contributed by atoms with E-state index < -0.39 is 0 Å². The Morgan fingerprint density at radius 2 is 1.60 bits per heavy atom. The van der Waals surface area contributed by atoms with Crippen molar-refractivity contribution in [1.29, 1.82) is 0 Å². The lowest BCUT2D eigenvalue weighted by Crippen LogP contribution is -2.45. The van der Waals surface area contributed by atoms with Gasteiger partial charge in [-0.2, -0.15) is 0 Å².